The van der Waals surface area contributed by atoms with Crippen LogP contribution in [-0.2, 0) is 0 Å². The van der Waals surface area contributed by atoms with Gasteiger partial charge in [0.25, 0.3) is 0 Å². The van der Waals surface area contributed by atoms with Crippen molar-refractivity contribution in [3.05, 3.63) is 30.3 Å². The summed E-state index contributed by atoms with van der Waals surface area (Å²) in [7, 11) is 0. The Bertz CT molecular complexity index is 293. The SMILES string of the molecule is CCN=C(N)N(CC)c1ccccc1. The molecule has 0 unspecified atom stereocenters. The minimum absolute atomic E-state index is 0.584. The van der Waals surface area contributed by atoms with Gasteiger partial charge in [-0.05, 0) is 26.0 Å². The molecule has 0 heterocycles. The zero-order chi connectivity index (χ0) is 10.4. The Kier molecular flexibility index (Phi) is 3.98. The number of rotatable bonds is 3. The van der Waals surface area contributed by atoms with Crippen LogP contribution in [0.1, 0.15) is 13.8 Å². The summed E-state index contributed by atoms with van der Waals surface area (Å²) in [4.78, 5) is 6.18. The van der Waals surface area contributed by atoms with E-state index < -0.39 is 0 Å². The van der Waals surface area contributed by atoms with Crippen LogP contribution in [0.3, 0.4) is 0 Å². The average molecular weight is 191 g/mol. The molecule has 0 spiro atoms. The standard InChI is InChI=1S/C11H17N3/c1-3-13-11(12)14(4-2)10-8-6-5-7-9-10/h5-9H,3-4H2,1-2H3,(H2,12,13). The zero-order valence-electron chi connectivity index (χ0n) is 8.77. The van der Waals surface area contributed by atoms with Crippen molar-refractivity contribution in [3.8, 4) is 0 Å². The first-order valence-corrected chi connectivity index (χ1v) is 4.92. The number of aliphatic imine (C=N–C) groups is 1. The van der Waals surface area contributed by atoms with Gasteiger partial charge >= 0.3 is 0 Å². The predicted octanol–water partition coefficient (Wildman–Crippen LogP) is 1.85. The first-order valence-electron chi connectivity index (χ1n) is 4.92. The maximum absolute atomic E-state index is 5.85. The summed E-state index contributed by atoms with van der Waals surface area (Å²) in [6, 6.07) is 10.0. The van der Waals surface area contributed by atoms with Gasteiger partial charge < -0.3 is 10.6 Å². The van der Waals surface area contributed by atoms with Crippen molar-refractivity contribution in [2.24, 2.45) is 10.7 Å². The molecule has 0 aromatic heterocycles. The molecule has 0 aliphatic heterocycles. The van der Waals surface area contributed by atoms with Gasteiger partial charge in [0.15, 0.2) is 5.96 Å². The van der Waals surface area contributed by atoms with Crippen LogP contribution in [0.15, 0.2) is 35.3 Å². The van der Waals surface area contributed by atoms with Gasteiger partial charge in [0, 0.05) is 18.8 Å². The fourth-order valence-electron chi connectivity index (χ4n) is 1.33. The number of hydrogen-bond acceptors (Lipinski definition) is 1. The van der Waals surface area contributed by atoms with Gasteiger partial charge in [-0.15, -0.1) is 0 Å². The Hall–Kier alpha value is -1.51. The van der Waals surface area contributed by atoms with Crippen LogP contribution in [0.25, 0.3) is 0 Å². The molecule has 1 rings (SSSR count). The number of benzene rings is 1. The summed E-state index contributed by atoms with van der Waals surface area (Å²) in [5.41, 5.74) is 6.93. The number of anilines is 1. The normalized spacial score (nSPS) is 11.4. The topological polar surface area (TPSA) is 41.6 Å². The van der Waals surface area contributed by atoms with E-state index in [9.17, 15) is 0 Å². The Morgan fingerprint density at radius 3 is 2.43 bits per heavy atom. The summed E-state index contributed by atoms with van der Waals surface area (Å²) in [6.45, 7) is 5.59. The number of hydrogen-bond donors (Lipinski definition) is 1. The molecule has 3 nitrogen and oxygen atoms in total. The highest BCUT2D eigenvalue weighted by molar-refractivity contribution is 5.94. The molecule has 0 bridgehead atoms. The van der Waals surface area contributed by atoms with Crippen LogP contribution in [0.2, 0.25) is 0 Å². The van der Waals surface area contributed by atoms with E-state index >= 15 is 0 Å². The Labute approximate surface area is 85.3 Å². The highest BCUT2D eigenvalue weighted by atomic mass is 15.2. The molecule has 0 saturated carbocycles. The average Bonchev–Trinajstić information content (AvgIpc) is 2.21. The highest BCUT2D eigenvalue weighted by Crippen LogP contribution is 2.11. The summed E-state index contributed by atoms with van der Waals surface area (Å²) in [5, 5.41) is 0. The second kappa shape index (κ2) is 5.27. The third-order valence-corrected chi connectivity index (χ3v) is 1.98. The van der Waals surface area contributed by atoms with Gasteiger partial charge in [0.2, 0.25) is 0 Å². The second-order valence-electron chi connectivity index (χ2n) is 2.91. The molecule has 0 aliphatic carbocycles. The number of nitrogens with zero attached hydrogens (tertiary/aromatic N) is 2. The van der Waals surface area contributed by atoms with Gasteiger partial charge in [-0.3, -0.25) is 4.99 Å². The predicted molar refractivity (Wildman–Crippen MR) is 61.6 cm³/mol. The van der Waals surface area contributed by atoms with Crippen LogP contribution >= 0.6 is 0 Å². The molecule has 2 N–H and O–H groups in total. The second-order valence-corrected chi connectivity index (χ2v) is 2.91. The summed E-state index contributed by atoms with van der Waals surface area (Å²) in [6.07, 6.45) is 0. The first kappa shape index (κ1) is 10.6. The van der Waals surface area contributed by atoms with Crippen LogP contribution in [-0.4, -0.2) is 19.0 Å². The molecule has 3 heteroatoms. The van der Waals surface area contributed by atoms with E-state index in [-0.39, 0.29) is 0 Å². The monoisotopic (exact) mass is 191 g/mol. The van der Waals surface area contributed by atoms with E-state index in [1.165, 1.54) is 0 Å². The molecular weight excluding hydrogens is 174 g/mol. The van der Waals surface area contributed by atoms with Crippen LogP contribution in [0, 0.1) is 0 Å². The van der Waals surface area contributed by atoms with Gasteiger partial charge in [-0.25, -0.2) is 0 Å². The quantitative estimate of drug-likeness (QED) is 0.585. The van der Waals surface area contributed by atoms with Crippen molar-refractivity contribution in [1.82, 2.24) is 0 Å². The summed E-state index contributed by atoms with van der Waals surface area (Å²) in [5.74, 6) is 0.584. The molecule has 76 valence electrons. The fourth-order valence-corrected chi connectivity index (χ4v) is 1.33. The Balaban J connectivity index is 2.88. The van der Waals surface area contributed by atoms with Crippen LogP contribution in [0.4, 0.5) is 5.69 Å². The maximum atomic E-state index is 5.85. The molecule has 14 heavy (non-hydrogen) atoms. The van der Waals surface area contributed by atoms with Crippen molar-refractivity contribution >= 4 is 11.6 Å². The lowest BCUT2D eigenvalue weighted by atomic mass is 10.3. The largest absolute Gasteiger partial charge is 0.370 e. The van der Waals surface area contributed by atoms with E-state index in [4.69, 9.17) is 5.73 Å². The third-order valence-electron chi connectivity index (χ3n) is 1.98. The lowest BCUT2D eigenvalue weighted by Crippen LogP contribution is -2.37. The molecule has 0 radical (unpaired) electrons. The third kappa shape index (κ3) is 2.49. The lowest BCUT2D eigenvalue weighted by Gasteiger charge is -2.21. The number of para-hydroxylation sites is 1. The van der Waals surface area contributed by atoms with E-state index in [2.05, 4.69) is 11.9 Å². The van der Waals surface area contributed by atoms with Crippen molar-refractivity contribution in [2.45, 2.75) is 13.8 Å². The van der Waals surface area contributed by atoms with Gasteiger partial charge in [0.05, 0.1) is 0 Å². The van der Waals surface area contributed by atoms with Crippen molar-refractivity contribution in [1.29, 1.82) is 0 Å². The minimum Gasteiger partial charge on any atom is -0.370 e. The van der Waals surface area contributed by atoms with E-state index in [0.29, 0.717) is 5.96 Å². The molecule has 0 amide bonds. The van der Waals surface area contributed by atoms with Gasteiger partial charge in [0.1, 0.15) is 0 Å². The minimum atomic E-state index is 0.584. The maximum Gasteiger partial charge on any atom is 0.195 e. The van der Waals surface area contributed by atoms with Crippen molar-refractivity contribution in [3.63, 3.8) is 0 Å². The van der Waals surface area contributed by atoms with E-state index in [1.807, 2.05) is 42.2 Å². The first-order chi connectivity index (χ1) is 6.79. The molecule has 0 saturated heterocycles. The molecular formula is C11H17N3. The Morgan fingerprint density at radius 2 is 1.93 bits per heavy atom. The van der Waals surface area contributed by atoms with Gasteiger partial charge in [-0.1, -0.05) is 18.2 Å². The number of guanidine groups is 1. The molecule has 1 aromatic rings. The van der Waals surface area contributed by atoms with Gasteiger partial charge in [-0.2, -0.15) is 0 Å². The van der Waals surface area contributed by atoms with E-state index in [1.54, 1.807) is 0 Å². The molecule has 0 atom stereocenters. The fraction of sp³-hybridized carbons (Fsp3) is 0.364. The van der Waals surface area contributed by atoms with Crippen molar-refractivity contribution in [2.75, 3.05) is 18.0 Å². The smallest absolute Gasteiger partial charge is 0.195 e. The Morgan fingerprint density at radius 1 is 1.29 bits per heavy atom. The van der Waals surface area contributed by atoms with Crippen LogP contribution in [0.5, 0.6) is 0 Å². The van der Waals surface area contributed by atoms with E-state index in [0.717, 1.165) is 18.8 Å². The molecule has 0 fully saturated rings. The highest BCUT2D eigenvalue weighted by Gasteiger charge is 2.06. The molecule has 1 aromatic carbocycles. The molecule has 0 aliphatic rings. The van der Waals surface area contributed by atoms with Crippen LogP contribution < -0.4 is 10.6 Å². The lowest BCUT2D eigenvalue weighted by molar-refractivity contribution is 1.01. The summed E-state index contributed by atoms with van der Waals surface area (Å²) < 4.78 is 0. The zero-order valence-corrected chi connectivity index (χ0v) is 8.77. The number of nitrogens with two attached hydrogens (primary N) is 1. The van der Waals surface area contributed by atoms with Crippen molar-refractivity contribution < 1.29 is 0 Å². The summed E-state index contributed by atoms with van der Waals surface area (Å²) >= 11 is 0.